The summed E-state index contributed by atoms with van der Waals surface area (Å²) in [6, 6.07) is 7.68. The third-order valence-corrected chi connectivity index (χ3v) is 4.72. The lowest BCUT2D eigenvalue weighted by atomic mass is 9.91. The monoisotopic (exact) mass is 390 g/mol. The molecule has 0 radical (unpaired) electrons. The van der Waals surface area contributed by atoms with E-state index >= 15 is 0 Å². The van der Waals surface area contributed by atoms with Gasteiger partial charge in [-0.1, -0.05) is 34.1 Å². The highest BCUT2D eigenvalue weighted by molar-refractivity contribution is 9.10. The zero-order valence-corrected chi connectivity index (χ0v) is 15.2. The summed E-state index contributed by atoms with van der Waals surface area (Å²) in [5.74, 6) is 0.177. The van der Waals surface area contributed by atoms with Gasteiger partial charge in [-0.25, -0.2) is 0 Å². The van der Waals surface area contributed by atoms with Gasteiger partial charge in [-0.05, 0) is 43.7 Å². The van der Waals surface area contributed by atoms with Crippen molar-refractivity contribution in [1.29, 1.82) is 0 Å². The Labute approximate surface area is 146 Å². The molecule has 2 unspecified atom stereocenters. The van der Waals surface area contributed by atoms with E-state index in [1.165, 1.54) is 5.56 Å². The van der Waals surface area contributed by atoms with E-state index in [1.807, 2.05) is 25.1 Å². The quantitative estimate of drug-likeness (QED) is 0.811. The van der Waals surface area contributed by atoms with E-state index in [-0.39, 0.29) is 30.3 Å². The van der Waals surface area contributed by atoms with E-state index < -0.39 is 6.04 Å². The molecule has 124 valence electrons. The SMILES string of the molecule is CC(Cc1ccccc1Br)NC(=O)C(N)C1CCOCC1.Cl. The lowest BCUT2D eigenvalue weighted by molar-refractivity contribution is -0.124. The van der Waals surface area contributed by atoms with Crippen LogP contribution < -0.4 is 11.1 Å². The minimum atomic E-state index is -0.435. The number of hydrogen-bond donors (Lipinski definition) is 2. The van der Waals surface area contributed by atoms with Crippen LogP contribution >= 0.6 is 28.3 Å². The van der Waals surface area contributed by atoms with Crippen molar-refractivity contribution in [3.8, 4) is 0 Å². The van der Waals surface area contributed by atoms with Crippen LogP contribution in [0, 0.1) is 5.92 Å². The Hall–Kier alpha value is -0.620. The standard InChI is InChI=1S/C16H23BrN2O2.ClH/c1-11(10-13-4-2-3-5-14(13)17)19-16(20)15(18)12-6-8-21-9-7-12;/h2-5,11-12,15H,6-10,18H2,1H3,(H,19,20);1H. The van der Waals surface area contributed by atoms with Crippen LogP contribution in [0.5, 0.6) is 0 Å². The number of nitrogens with one attached hydrogen (secondary N) is 1. The number of hydrogen-bond acceptors (Lipinski definition) is 3. The molecule has 4 nitrogen and oxygen atoms in total. The molecule has 1 fully saturated rings. The minimum Gasteiger partial charge on any atom is -0.381 e. The summed E-state index contributed by atoms with van der Waals surface area (Å²) in [6.45, 7) is 3.42. The fourth-order valence-electron chi connectivity index (χ4n) is 2.67. The number of ether oxygens (including phenoxy) is 1. The molecule has 0 bridgehead atoms. The average Bonchev–Trinajstić information content (AvgIpc) is 2.49. The van der Waals surface area contributed by atoms with Crippen LogP contribution in [-0.4, -0.2) is 31.2 Å². The molecule has 1 aromatic carbocycles. The molecule has 0 aliphatic carbocycles. The molecule has 22 heavy (non-hydrogen) atoms. The molecule has 0 saturated carbocycles. The molecule has 6 heteroatoms. The largest absolute Gasteiger partial charge is 0.381 e. The van der Waals surface area contributed by atoms with Gasteiger partial charge in [0.1, 0.15) is 0 Å². The zero-order valence-electron chi connectivity index (χ0n) is 12.8. The van der Waals surface area contributed by atoms with Crippen LogP contribution in [0.2, 0.25) is 0 Å². The van der Waals surface area contributed by atoms with Gasteiger partial charge >= 0.3 is 0 Å². The van der Waals surface area contributed by atoms with Crippen molar-refractivity contribution >= 4 is 34.2 Å². The molecule has 0 spiro atoms. The second-order valence-corrected chi connectivity index (χ2v) is 6.54. The Bertz CT molecular complexity index is 481. The highest BCUT2D eigenvalue weighted by atomic mass is 79.9. The summed E-state index contributed by atoms with van der Waals surface area (Å²) in [5.41, 5.74) is 7.27. The first kappa shape index (κ1) is 19.4. The molecule has 2 rings (SSSR count). The minimum absolute atomic E-state index is 0. The van der Waals surface area contributed by atoms with Gasteiger partial charge in [-0.15, -0.1) is 12.4 Å². The highest BCUT2D eigenvalue weighted by Crippen LogP contribution is 2.19. The third kappa shape index (κ3) is 5.54. The first-order valence-corrected chi connectivity index (χ1v) is 8.24. The average molecular weight is 392 g/mol. The zero-order chi connectivity index (χ0) is 15.2. The first-order valence-electron chi connectivity index (χ1n) is 7.45. The van der Waals surface area contributed by atoms with E-state index in [1.54, 1.807) is 0 Å². The number of carbonyl (C=O) groups excluding carboxylic acids is 1. The molecule has 3 N–H and O–H groups in total. The van der Waals surface area contributed by atoms with Gasteiger partial charge in [0, 0.05) is 23.7 Å². The summed E-state index contributed by atoms with van der Waals surface area (Å²) in [7, 11) is 0. The maximum atomic E-state index is 12.2. The second-order valence-electron chi connectivity index (χ2n) is 5.68. The second kappa shape index (κ2) is 9.50. The molecule has 1 aromatic rings. The van der Waals surface area contributed by atoms with Crippen LogP contribution in [-0.2, 0) is 16.0 Å². The van der Waals surface area contributed by atoms with Gasteiger partial charge in [0.2, 0.25) is 5.91 Å². The lowest BCUT2D eigenvalue weighted by Gasteiger charge is -2.28. The lowest BCUT2D eigenvalue weighted by Crippen LogP contribution is -2.49. The number of nitrogens with two attached hydrogens (primary N) is 1. The number of amides is 1. The third-order valence-electron chi connectivity index (χ3n) is 3.95. The van der Waals surface area contributed by atoms with Crippen molar-refractivity contribution in [3.63, 3.8) is 0 Å². The summed E-state index contributed by atoms with van der Waals surface area (Å²) in [5, 5.41) is 3.03. The topological polar surface area (TPSA) is 64.4 Å². The van der Waals surface area contributed by atoms with Crippen LogP contribution in [0.4, 0.5) is 0 Å². The molecular weight excluding hydrogens is 368 g/mol. The summed E-state index contributed by atoms with van der Waals surface area (Å²) in [4.78, 5) is 12.2. The Morgan fingerprint density at radius 1 is 1.41 bits per heavy atom. The van der Waals surface area contributed by atoms with Gasteiger partial charge in [-0.3, -0.25) is 4.79 Å². The van der Waals surface area contributed by atoms with Crippen molar-refractivity contribution in [3.05, 3.63) is 34.3 Å². The normalized spacial score (nSPS) is 18.1. The van der Waals surface area contributed by atoms with E-state index in [0.717, 1.165) is 23.7 Å². The smallest absolute Gasteiger partial charge is 0.237 e. The fourth-order valence-corrected chi connectivity index (χ4v) is 3.12. The molecule has 1 aliphatic heterocycles. The van der Waals surface area contributed by atoms with E-state index in [2.05, 4.69) is 27.3 Å². The summed E-state index contributed by atoms with van der Waals surface area (Å²) < 4.78 is 6.38. The molecule has 0 aromatic heterocycles. The molecule has 2 atom stereocenters. The van der Waals surface area contributed by atoms with Gasteiger partial charge in [-0.2, -0.15) is 0 Å². The number of rotatable bonds is 5. The van der Waals surface area contributed by atoms with Crippen molar-refractivity contribution in [2.75, 3.05) is 13.2 Å². The molecular formula is C16H24BrClN2O2. The Morgan fingerprint density at radius 2 is 2.05 bits per heavy atom. The van der Waals surface area contributed by atoms with E-state index in [9.17, 15) is 4.79 Å². The van der Waals surface area contributed by atoms with Crippen molar-refractivity contribution in [2.45, 2.75) is 38.3 Å². The number of benzene rings is 1. The fraction of sp³-hybridized carbons (Fsp3) is 0.562. The van der Waals surface area contributed by atoms with E-state index in [0.29, 0.717) is 13.2 Å². The van der Waals surface area contributed by atoms with E-state index in [4.69, 9.17) is 10.5 Å². The highest BCUT2D eigenvalue weighted by Gasteiger charge is 2.27. The maximum absolute atomic E-state index is 12.2. The van der Waals surface area contributed by atoms with Gasteiger partial charge in [0.25, 0.3) is 0 Å². The van der Waals surface area contributed by atoms with Crippen LogP contribution in [0.1, 0.15) is 25.3 Å². The van der Waals surface area contributed by atoms with Gasteiger partial charge in [0.05, 0.1) is 6.04 Å². The number of halogens is 2. The molecule has 1 aliphatic rings. The Balaban J connectivity index is 0.00000242. The Kier molecular flexibility index (Phi) is 8.39. The summed E-state index contributed by atoms with van der Waals surface area (Å²) in [6.07, 6.45) is 2.52. The number of carbonyl (C=O) groups is 1. The van der Waals surface area contributed by atoms with Gasteiger partial charge in [0.15, 0.2) is 0 Å². The maximum Gasteiger partial charge on any atom is 0.237 e. The Morgan fingerprint density at radius 3 is 2.68 bits per heavy atom. The van der Waals surface area contributed by atoms with Crippen LogP contribution in [0.3, 0.4) is 0 Å². The molecule has 1 amide bonds. The van der Waals surface area contributed by atoms with Crippen molar-refractivity contribution < 1.29 is 9.53 Å². The van der Waals surface area contributed by atoms with Gasteiger partial charge < -0.3 is 15.8 Å². The molecule has 1 heterocycles. The van der Waals surface area contributed by atoms with Crippen molar-refractivity contribution in [2.24, 2.45) is 11.7 Å². The first-order chi connectivity index (χ1) is 10.1. The van der Waals surface area contributed by atoms with Crippen LogP contribution in [0.15, 0.2) is 28.7 Å². The summed E-state index contributed by atoms with van der Waals surface area (Å²) >= 11 is 3.53. The van der Waals surface area contributed by atoms with Crippen molar-refractivity contribution in [1.82, 2.24) is 5.32 Å². The predicted octanol–water partition coefficient (Wildman–Crippen LogP) is 2.67. The van der Waals surface area contributed by atoms with Crippen LogP contribution in [0.25, 0.3) is 0 Å². The predicted molar refractivity (Wildman–Crippen MR) is 94.2 cm³/mol. The molecule has 1 saturated heterocycles.